The third-order valence-corrected chi connectivity index (χ3v) is 8.28. The van der Waals surface area contributed by atoms with Crippen molar-refractivity contribution >= 4 is 27.5 Å². The van der Waals surface area contributed by atoms with E-state index in [9.17, 15) is 18.0 Å². The van der Waals surface area contributed by atoms with Gasteiger partial charge in [0.15, 0.2) is 0 Å². The summed E-state index contributed by atoms with van der Waals surface area (Å²) in [6.45, 7) is 1.41. The summed E-state index contributed by atoms with van der Waals surface area (Å²) in [5, 5.41) is 3.14. The summed E-state index contributed by atoms with van der Waals surface area (Å²) in [5.41, 5.74) is 0.917. The second-order valence-corrected chi connectivity index (χ2v) is 11.9. The lowest BCUT2D eigenvalue weighted by Gasteiger charge is -2.34. The van der Waals surface area contributed by atoms with Gasteiger partial charge in [-0.25, -0.2) is 8.42 Å². The van der Waals surface area contributed by atoms with E-state index in [2.05, 4.69) is 5.32 Å². The van der Waals surface area contributed by atoms with Crippen LogP contribution in [0.4, 0.5) is 5.69 Å². The van der Waals surface area contributed by atoms with Crippen LogP contribution in [0.3, 0.4) is 0 Å². The van der Waals surface area contributed by atoms with E-state index in [0.717, 1.165) is 48.2 Å². The van der Waals surface area contributed by atoms with E-state index < -0.39 is 28.5 Å². The van der Waals surface area contributed by atoms with Gasteiger partial charge in [-0.15, -0.1) is 0 Å². The maximum Gasteiger partial charge on any atom is 0.244 e. The van der Waals surface area contributed by atoms with Gasteiger partial charge >= 0.3 is 0 Å². The normalized spacial score (nSPS) is 14.6. The van der Waals surface area contributed by atoms with Crippen LogP contribution >= 0.6 is 0 Å². The molecule has 0 aliphatic heterocycles. The molecule has 0 unspecified atom stereocenters. The SMILES string of the molecule is CC[C@@H](C(=O)NC1CCCCC1)N(Cc1cccc(OC)c1)C(=O)CN(c1cc(OC)ccc1OC)S(C)(=O)=O. The maximum absolute atomic E-state index is 14.0. The highest BCUT2D eigenvalue weighted by atomic mass is 32.2. The summed E-state index contributed by atoms with van der Waals surface area (Å²) in [6.07, 6.45) is 6.46. The van der Waals surface area contributed by atoms with E-state index in [0.29, 0.717) is 17.9 Å². The number of benzene rings is 2. The van der Waals surface area contributed by atoms with Crippen LogP contribution in [0.2, 0.25) is 0 Å². The quantitative estimate of drug-likeness (QED) is 0.387. The second kappa shape index (κ2) is 14.2. The zero-order chi connectivity index (χ0) is 29.3. The number of nitrogens with zero attached hydrogens (tertiary/aromatic N) is 2. The molecule has 3 rings (SSSR count). The number of anilines is 1. The predicted octanol–water partition coefficient (Wildman–Crippen LogP) is 3.73. The molecule has 40 heavy (non-hydrogen) atoms. The van der Waals surface area contributed by atoms with Gasteiger partial charge in [0.25, 0.3) is 0 Å². The lowest BCUT2D eigenvalue weighted by molar-refractivity contribution is -0.140. The average Bonchev–Trinajstić information content (AvgIpc) is 2.95. The first-order chi connectivity index (χ1) is 19.1. The van der Waals surface area contributed by atoms with Crippen molar-refractivity contribution in [2.24, 2.45) is 0 Å². The van der Waals surface area contributed by atoms with E-state index in [1.54, 1.807) is 31.4 Å². The molecule has 0 spiro atoms. The number of hydrogen-bond donors (Lipinski definition) is 1. The second-order valence-electron chi connectivity index (χ2n) is 9.95. The maximum atomic E-state index is 14.0. The molecule has 1 fully saturated rings. The average molecular weight is 576 g/mol. The Balaban J connectivity index is 1.99. The molecule has 220 valence electrons. The minimum atomic E-state index is -3.93. The molecule has 0 heterocycles. The molecule has 11 heteroatoms. The highest BCUT2D eigenvalue weighted by Gasteiger charge is 2.33. The van der Waals surface area contributed by atoms with Gasteiger partial charge in [-0.05, 0) is 49.1 Å². The highest BCUT2D eigenvalue weighted by molar-refractivity contribution is 7.92. The summed E-state index contributed by atoms with van der Waals surface area (Å²) in [7, 11) is 0.511. The molecule has 1 aliphatic carbocycles. The molecule has 10 nitrogen and oxygen atoms in total. The van der Waals surface area contributed by atoms with Crippen LogP contribution in [0.1, 0.15) is 51.0 Å². The molecule has 2 aromatic rings. The van der Waals surface area contributed by atoms with Crippen LogP contribution in [0, 0.1) is 0 Å². The standard InChI is InChI=1S/C29H41N3O7S/c1-6-25(29(34)30-22-12-8-7-9-13-22)31(19-21-11-10-14-23(17-21)37-2)28(33)20-32(40(5,35)36)26-18-24(38-3)15-16-27(26)39-4/h10-11,14-18,22,25H,6-9,12-13,19-20H2,1-5H3,(H,30,34)/t25-/m0/s1. The molecule has 2 aromatic carbocycles. The van der Waals surface area contributed by atoms with Gasteiger partial charge in [-0.3, -0.25) is 13.9 Å². The molecule has 1 atom stereocenters. The third kappa shape index (κ3) is 8.03. The smallest absolute Gasteiger partial charge is 0.244 e. The molecule has 0 saturated heterocycles. The Morgan fingerprint density at radius 2 is 1.65 bits per heavy atom. The first-order valence-electron chi connectivity index (χ1n) is 13.5. The first kappa shape index (κ1) is 31.1. The predicted molar refractivity (Wildman–Crippen MR) is 154 cm³/mol. The number of carbonyl (C=O) groups is 2. The van der Waals surface area contributed by atoms with Crippen molar-refractivity contribution < 1.29 is 32.2 Å². The molecule has 1 saturated carbocycles. The minimum Gasteiger partial charge on any atom is -0.497 e. The van der Waals surface area contributed by atoms with Crippen molar-refractivity contribution in [3.63, 3.8) is 0 Å². The zero-order valence-corrected chi connectivity index (χ0v) is 24.8. The summed E-state index contributed by atoms with van der Waals surface area (Å²) in [6, 6.07) is 11.2. The molecular formula is C29H41N3O7S. The Kier molecular flexibility index (Phi) is 11.1. The van der Waals surface area contributed by atoms with E-state index in [1.165, 1.54) is 25.2 Å². The molecule has 0 aromatic heterocycles. The Labute approximate surface area is 237 Å². The summed E-state index contributed by atoms with van der Waals surface area (Å²) in [5.74, 6) is 0.520. The molecule has 1 aliphatic rings. The molecule has 2 amide bonds. The Bertz CT molecular complexity index is 1260. The van der Waals surface area contributed by atoms with Crippen LogP contribution in [0.15, 0.2) is 42.5 Å². The van der Waals surface area contributed by atoms with Crippen molar-refractivity contribution in [1.82, 2.24) is 10.2 Å². The van der Waals surface area contributed by atoms with E-state index >= 15 is 0 Å². The van der Waals surface area contributed by atoms with Crippen LogP contribution in [-0.4, -0.2) is 71.3 Å². The molecule has 0 radical (unpaired) electrons. The molecule has 1 N–H and O–H groups in total. The number of nitrogens with one attached hydrogen (secondary N) is 1. The number of methoxy groups -OCH3 is 3. The highest BCUT2D eigenvalue weighted by Crippen LogP contribution is 2.34. The zero-order valence-electron chi connectivity index (χ0n) is 24.0. The van der Waals surface area contributed by atoms with Gasteiger partial charge < -0.3 is 24.4 Å². The number of ether oxygens (including phenoxy) is 3. The monoisotopic (exact) mass is 575 g/mol. The van der Waals surface area contributed by atoms with Crippen molar-refractivity contribution in [1.29, 1.82) is 0 Å². The Hall–Kier alpha value is -3.47. The first-order valence-corrected chi connectivity index (χ1v) is 15.4. The molecular weight excluding hydrogens is 534 g/mol. The lowest BCUT2D eigenvalue weighted by atomic mass is 9.95. The summed E-state index contributed by atoms with van der Waals surface area (Å²) in [4.78, 5) is 29.0. The van der Waals surface area contributed by atoms with Crippen LogP contribution in [0.25, 0.3) is 0 Å². The van der Waals surface area contributed by atoms with Crippen LogP contribution < -0.4 is 23.8 Å². The number of sulfonamides is 1. The fourth-order valence-corrected chi connectivity index (χ4v) is 5.86. The number of hydrogen-bond acceptors (Lipinski definition) is 7. The summed E-state index contributed by atoms with van der Waals surface area (Å²) >= 11 is 0. The minimum absolute atomic E-state index is 0.0673. The largest absolute Gasteiger partial charge is 0.497 e. The van der Waals surface area contributed by atoms with Crippen LogP contribution in [-0.2, 0) is 26.2 Å². The van der Waals surface area contributed by atoms with Gasteiger partial charge in [-0.2, -0.15) is 0 Å². The van der Waals surface area contributed by atoms with Crippen molar-refractivity contribution in [2.45, 2.75) is 64.1 Å². The third-order valence-electron chi connectivity index (χ3n) is 7.16. The van der Waals surface area contributed by atoms with Gasteiger partial charge in [0.05, 0.1) is 33.3 Å². The van der Waals surface area contributed by atoms with Gasteiger partial charge in [0, 0.05) is 18.7 Å². The van der Waals surface area contributed by atoms with E-state index in [1.807, 2.05) is 19.1 Å². The Morgan fingerprint density at radius 3 is 2.25 bits per heavy atom. The van der Waals surface area contributed by atoms with E-state index in [4.69, 9.17) is 14.2 Å². The number of amides is 2. The molecule has 0 bridgehead atoms. The van der Waals surface area contributed by atoms with Crippen molar-refractivity contribution in [3.05, 3.63) is 48.0 Å². The lowest BCUT2D eigenvalue weighted by Crippen LogP contribution is -2.54. The summed E-state index contributed by atoms with van der Waals surface area (Å²) < 4.78 is 43.0. The van der Waals surface area contributed by atoms with Gasteiger partial charge in [0.1, 0.15) is 29.8 Å². The van der Waals surface area contributed by atoms with Crippen molar-refractivity contribution in [2.75, 3.05) is 38.4 Å². The number of rotatable bonds is 13. The topological polar surface area (TPSA) is 114 Å². The van der Waals surface area contributed by atoms with E-state index in [-0.39, 0.29) is 29.9 Å². The van der Waals surface area contributed by atoms with Crippen LogP contribution in [0.5, 0.6) is 17.2 Å². The fraction of sp³-hybridized carbons (Fsp3) is 0.517. The number of carbonyl (C=O) groups excluding carboxylic acids is 2. The van der Waals surface area contributed by atoms with Gasteiger partial charge in [-0.1, -0.05) is 38.3 Å². The Morgan fingerprint density at radius 1 is 0.975 bits per heavy atom. The van der Waals surface area contributed by atoms with Gasteiger partial charge in [0.2, 0.25) is 21.8 Å². The van der Waals surface area contributed by atoms with Crippen molar-refractivity contribution in [3.8, 4) is 17.2 Å². The fourth-order valence-electron chi connectivity index (χ4n) is 5.02.